The van der Waals surface area contributed by atoms with E-state index >= 15 is 0 Å². The third-order valence-corrected chi connectivity index (χ3v) is 7.62. The van der Waals surface area contributed by atoms with Crippen molar-refractivity contribution < 1.29 is 8.42 Å². The molecule has 2 aromatic rings. The molecule has 164 valence electrons. The van der Waals surface area contributed by atoms with E-state index in [2.05, 4.69) is 68.9 Å². The lowest BCUT2D eigenvalue weighted by Crippen LogP contribution is -2.21. The van der Waals surface area contributed by atoms with E-state index in [1.165, 1.54) is 0 Å². The first-order valence-corrected chi connectivity index (χ1v) is 12.8. The third-order valence-electron chi connectivity index (χ3n) is 4.81. The van der Waals surface area contributed by atoms with Crippen LogP contribution >= 0.6 is 0 Å². The molecular formula is C17H32N8O2S2. The Hall–Kier alpha value is -1.56. The summed E-state index contributed by atoms with van der Waals surface area (Å²) in [6, 6.07) is 0. The van der Waals surface area contributed by atoms with Gasteiger partial charge in [-0.3, -0.25) is 8.42 Å². The van der Waals surface area contributed by atoms with Crippen LogP contribution in [0.3, 0.4) is 0 Å². The van der Waals surface area contributed by atoms with E-state index in [0.717, 1.165) is 19.3 Å². The zero-order valence-corrected chi connectivity index (χ0v) is 19.3. The summed E-state index contributed by atoms with van der Waals surface area (Å²) in [5.74, 6) is 3.81. The van der Waals surface area contributed by atoms with Crippen molar-refractivity contribution >= 4 is 21.6 Å². The number of hydrogen-bond donors (Lipinski definition) is 2. The van der Waals surface area contributed by atoms with Crippen molar-refractivity contribution in [3.05, 3.63) is 11.6 Å². The minimum absolute atomic E-state index is 0.0351. The van der Waals surface area contributed by atoms with Crippen LogP contribution in [0, 0.1) is 10.8 Å². The fourth-order valence-corrected chi connectivity index (χ4v) is 6.00. The predicted octanol–water partition coefficient (Wildman–Crippen LogP) is 1.22. The average molecular weight is 445 g/mol. The Morgan fingerprint density at radius 1 is 0.724 bits per heavy atom. The number of nitrogens with zero attached hydrogens (tertiary/aromatic N) is 6. The fraction of sp³-hybridized carbons (Fsp3) is 0.882. The van der Waals surface area contributed by atoms with Crippen LogP contribution in [-0.4, -0.2) is 72.7 Å². The number of H-pyrrole nitrogens is 2. The van der Waals surface area contributed by atoms with E-state index in [0.29, 0.717) is 47.5 Å². The first kappa shape index (κ1) is 23.7. The molecule has 10 nitrogen and oxygen atoms in total. The second-order valence-corrected chi connectivity index (χ2v) is 12.3. The van der Waals surface area contributed by atoms with Crippen molar-refractivity contribution in [2.45, 2.75) is 59.8 Å². The van der Waals surface area contributed by atoms with Gasteiger partial charge >= 0.3 is 0 Å². The van der Waals surface area contributed by atoms with Crippen molar-refractivity contribution in [2.24, 2.45) is 10.8 Å². The smallest absolute Gasteiger partial charge is 0.175 e. The maximum Gasteiger partial charge on any atom is 0.175 e. The van der Waals surface area contributed by atoms with Crippen molar-refractivity contribution in [3.63, 3.8) is 0 Å². The molecule has 0 amide bonds. The van der Waals surface area contributed by atoms with Crippen molar-refractivity contribution in [1.82, 2.24) is 41.2 Å². The van der Waals surface area contributed by atoms with Crippen molar-refractivity contribution in [1.29, 1.82) is 0 Å². The Morgan fingerprint density at radius 3 is 1.48 bits per heavy atom. The predicted molar refractivity (Wildman–Crippen MR) is 113 cm³/mol. The SMILES string of the molecule is CC(C)(CCS(=O)CCCS(=O)CCC(C)(C)Cc1nn[nH]n1)Cc1nn[nH]n1. The van der Waals surface area contributed by atoms with Crippen LogP contribution in [0.2, 0.25) is 0 Å². The van der Waals surface area contributed by atoms with E-state index in [4.69, 9.17) is 0 Å². The lowest BCUT2D eigenvalue weighted by atomic mass is 9.86. The van der Waals surface area contributed by atoms with Crippen LogP contribution in [0.5, 0.6) is 0 Å². The topological polar surface area (TPSA) is 143 Å². The highest BCUT2D eigenvalue weighted by Crippen LogP contribution is 2.25. The number of tetrazole rings is 2. The lowest BCUT2D eigenvalue weighted by molar-refractivity contribution is 0.343. The largest absolute Gasteiger partial charge is 0.260 e. The standard InChI is InChI=1S/C17H32N8O2S2/c1-16(2,12-14-18-22-23-19-14)6-10-28(26)8-5-9-29(27)11-7-17(3,4)13-15-20-24-25-21-15/h5-13H2,1-4H3,(H,18,19,22,23)(H,20,21,24,25). The molecule has 2 rings (SSSR count). The quantitative estimate of drug-likeness (QED) is 0.443. The first-order valence-electron chi connectivity index (χ1n) is 9.80. The molecule has 2 N–H and O–H groups in total. The number of hydrogen-bond acceptors (Lipinski definition) is 8. The normalized spacial score (nSPS) is 14.8. The third kappa shape index (κ3) is 9.66. The van der Waals surface area contributed by atoms with Gasteiger partial charge in [0.15, 0.2) is 11.6 Å². The molecule has 0 radical (unpaired) electrons. The molecule has 12 heteroatoms. The van der Waals surface area contributed by atoms with Gasteiger partial charge in [-0.15, -0.1) is 20.4 Å². The Labute approximate surface area is 176 Å². The number of rotatable bonds is 14. The van der Waals surface area contributed by atoms with Crippen molar-refractivity contribution in [2.75, 3.05) is 23.0 Å². The van der Waals surface area contributed by atoms with E-state index in [1.54, 1.807) is 0 Å². The molecule has 0 aliphatic rings. The maximum absolute atomic E-state index is 12.3. The molecule has 0 fully saturated rings. The molecule has 0 saturated carbocycles. The molecule has 29 heavy (non-hydrogen) atoms. The van der Waals surface area contributed by atoms with E-state index < -0.39 is 21.6 Å². The van der Waals surface area contributed by atoms with Gasteiger partial charge in [-0.2, -0.15) is 10.4 Å². The Morgan fingerprint density at radius 2 is 1.14 bits per heavy atom. The maximum atomic E-state index is 12.3. The minimum Gasteiger partial charge on any atom is -0.260 e. The second kappa shape index (κ2) is 11.0. The minimum atomic E-state index is -0.900. The Balaban J connectivity index is 1.59. The van der Waals surface area contributed by atoms with Crippen LogP contribution in [-0.2, 0) is 34.4 Å². The van der Waals surface area contributed by atoms with Crippen LogP contribution in [0.25, 0.3) is 0 Å². The molecule has 2 atom stereocenters. The van der Waals surface area contributed by atoms with Gasteiger partial charge in [-0.1, -0.05) is 38.1 Å². The van der Waals surface area contributed by atoms with E-state index in [9.17, 15) is 8.42 Å². The van der Waals surface area contributed by atoms with E-state index in [1.807, 2.05) is 0 Å². The summed E-state index contributed by atoms with van der Waals surface area (Å²) in [5.41, 5.74) is -0.0702. The van der Waals surface area contributed by atoms with Crippen LogP contribution in [0.1, 0.15) is 58.6 Å². The molecule has 0 saturated heterocycles. The molecule has 2 heterocycles. The molecule has 0 spiro atoms. The molecule has 0 aliphatic heterocycles. The first-order chi connectivity index (χ1) is 13.7. The van der Waals surface area contributed by atoms with E-state index in [-0.39, 0.29) is 10.8 Å². The lowest BCUT2D eigenvalue weighted by Gasteiger charge is -2.22. The summed E-state index contributed by atoms with van der Waals surface area (Å²) >= 11 is 0. The summed E-state index contributed by atoms with van der Waals surface area (Å²) in [7, 11) is -1.80. The second-order valence-electron chi connectivity index (χ2n) is 8.89. The molecule has 0 aromatic carbocycles. The summed E-state index contributed by atoms with van der Waals surface area (Å²) in [6.45, 7) is 8.47. The van der Waals surface area contributed by atoms with Gasteiger partial charge in [0.2, 0.25) is 0 Å². The van der Waals surface area contributed by atoms with Crippen LogP contribution in [0.15, 0.2) is 0 Å². The highest BCUT2D eigenvalue weighted by molar-refractivity contribution is 7.85. The zero-order valence-electron chi connectivity index (χ0n) is 17.7. The summed E-state index contributed by atoms with van der Waals surface area (Å²) in [6.07, 6.45) is 3.76. The number of aromatic nitrogens is 8. The molecule has 2 unspecified atom stereocenters. The highest BCUT2D eigenvalue weighted by Gasteiger charge is 2.23. The average Bonchev–Trinajstić information content (AvgIpc) is 3.32. The highest BCUT2D eigenvalue weighted by atomic mass is 32.2. The van der Waals surface area contributed by atoms with Crippen molar-refractivity contribution in [3.8, 4) is 0 Å². The Kier molecular flexibility index (Phi) is 9.00. The molecule has 0 aliphatic carbocycles. The number of nitrogens with one attached hydrogen (secondary N) is 2. The molecule has 2 aromatic heterocycles. The zero-order chi connectivity index (χ0) is 21.3. The van der Waals surface area contributed by atoms with Gasteiger partial charge in [0, 0.05) is 57.5 Å². The summed E-state index contributed by atoms with van der Waals surface area (Å²) < 4.78 is 24.6. The van der Waals surface area contributed by atoms with Gasteiger partial charge in [0.1, 0.15) is 0 Å². The van der Waals surface area contributed by atoms with Gasteiger partial charge in [-0.25, -0.2) is 0 Å². The van der Waals surface area contributed by atoms with Crippen LogP contribution in [0.4, 0.5) is 0 Å². The summed E-state index contributed by atoms with van der Waals surface area (Å²) in [4.78, 5) is 0. The summed E-state index contributed by atoms with van der Waals surface area (Å²) in [5, 5.41) is 28.0. The molecule has 0 bridgehead atoms. The van der Waals surface area contributed by atoms with Gasteiger partial charge in [0.25, 0.3) is 0 Å². The van der Waals surface area contributed by atoms with Gasteiger partial charge in [-0.05, 0) is 30.1 Å². The Bertz CT molecular complexity index is 698. The van der Waals surface area contributed by atoms with Crippen LogP contribution < -0.4 is 0 Å². The monoisotopic (exact) mass is 444 g/mol. The fourth-order valence-electron chi connectivity index (χ4n) is 2.91. The van der Waals surface area contributed by atoms with Gasteiger partial charge < -0.3 is 0 Å². The number of aromatic amines is 2. The molecular weight excluding hydrogens is 412 g/mol. The van der Waals surface area contributed by atoms with Gasteiger partial charge in [0.05, 0.1) is 0 Å².